The number of benzene rings is 2. The van der Waals surface area contributed by atoms with Crippen LogP contribution in [0.4, 0.5) is 0 Å². The van der Waals surface area contributed by atoms with Crippen molar-refractivity contribution < 1.29 is 4.74 Å². The number of methoxy groups -OCH3 is 1. The molecule has 0 aliphatic carbocycles. The zero-order chi connectivity index (χ0) is 17.0. The summed E-state index contributed by atoms with van der Waals surface area (Å²) in [4.78, 5) is 0. The van der Waals surface area contributed by atoms with Gasteiger partial charge < -0.3 is 4.74 Å². The molecule has 0 heterocycles. The van der Waals surface area contributed by atoms with E-state index in [0.717, 1.165) is 5.75 Å². The smallest absolute Gasteiger partial charge is 0.118 e. The maximum absolute atomic E-state index is 5.30. The molecule has 1 atom stereocenters. The second-order valence-corrected chi connectivity index (χ2v) is 6.65. The molecule has 2 rings (SSSR count). The molecule has 0 aliphatic heterocycles. The van der Waals surface area contributed by atoms with E-state index < -0.39 is 0 Å². The van der Waals surface area contributed by atoms with E-state index in [1.807, 2.05) is 0 Å². The Balaban J connectivity index is 1.94. The Bertz CT molecular complexity index is 544. The van der Waals surface area contributed by atoms with Crippen LogP contribution in [0.2, 0.25) is 0 Å². The SMILES string of the molecule is CCCCCCCCCC(c1ccccc1)c1ccc(OC)cc1. The van der Waals surface area contributed by atoms with Gasteiger partial charge >= 0.3 is 0 Å². The average Bonchev–Trinajstić information content (AvgIpc) is 2.65. The molecule has 2 aromatic rings. The summed E-state index contributed by atoms with van der Waals surface area (Å²) in [6.45, 7) is 2.28. The molecule has 1 heteroatoms. The summed E-state index contributed by atoms with van der Waals surface area (Å²) in [7, 11) is 1.72. The second-order valence-electron chi connectivity index (χ2n) is 6.65. The molecule has 0 saturated carbocycles. The van der Waals surface area contributed by atoms with Crippen molar-refractivity contribution in [3.63, 3.8) is 0 Å². The van der Waals surface area contributed by atoms with Gasteiger partial charge in [-0.15, -0.1) is 0 Å². The molecule has 2 aromatic carbocycles. The van der Waals surface area contributed by atoms with Crippen LogP contribution in [0.3, 0.4) is 0 Å². The van der Waals surface area contributed by atoms with Gasteiger partial charge in [0, 0.05) is 5.92 Å². The van der Waals surface area contributed by atoms with Gasteiger partial charge in [0.1, 0.15) is 5.75 Å². The highest BCUT2D eigenvalue weighted by atomic mass is 16.5. The van der Waals surface area contributed by atoms with Crippen molar-refractivity contribution in [2.24, 2.45) is 0 Å². The van der Waals surface area contributed by atoms with Gasteiger partial charge in [0.05, 0.1) is 7.11 Å². The molecule has 1 nitrogen and oxygen atoms in total. The van der Waals surface area contributed by atoms with Crippen molar-refractivity contribution in [1.82, 2.24) is 0 Å². The quantitative estimate of drug-likeness (QED) is 0.406. The first-order valence-electron chi connectivity index (χ1n) is 9.54. The van der Waals surface area contributed by atoms with Crippen LogP contribution in [0.5, 0.6) is 5.75 Å². The molecule has 0 aliphatic rings. The van der Waals surface area contributed by atoms with E-state index in [9.17, 15) is 0 Å². The summed E-state index contributed by atoms with van der Waals surface area (Å²) in [5.74, 6) is 1.43. The van der Waals surface area contributed by atoms with Gasteiger partial charge in [-0.3, -0.25) is 0 Å². The minimum Gasteiger partial charge on any atom is -0.497 e. The van der Waals surface area contributed by atoms with E-state index in [2.05, 4.69) is 61.5 Å². The molecule has 0 saturated heterocycles. The molecule has 0 radical (unpaired) electrons. The van der Waals surface area contributed by atoms with Gasteiger partial charge in [-0.05, 0) is 29.7 Å². The summed E-state index contributed by atoms with van der Waals surface area (Å²) in [6, 6.07) is 19.5. The average molecular weight is 325 g/mol. The van der Waals surface area contributed by atoms with Gasteiger partial charge in [0.25, 0.3) is 0 Å². The Morgan fingerprint density at radius 1 is 0.708 bits per heavy atom. The van der Waals surface area contributed by atoms with Crippen molar-refractivity contribution in [3.05, 3.63) is 65.7 Å². The predicted octanol–water partition coefficient (Wildman–Crippen LogP) is 6.97. The number of rotatable bonds is 11. The Hall–Kier alpha value is -1.76. The fraction of sp³-hybridized carbons (Fsp3) is 0.478. The Kier molecular flexibility index (Phi) is 8.45. The molecule has 0 N–H and O–H groups in total. The van der Waals surface area contributed by atoms with Crippen molar-refractivity contribution in [1.29, 1.82) is 0 Å². The number of ether oxygens (including phenoxy) is 1. The van der Waals surface area contributed by atoms with Crippen LogP contribution in [0.25, 0.3) is 0 Å². The number of hydrogen-bond donors (Lipinski definition) is 0. The number of unbranched alkanes of at least 4 members (excludes halogenated alkanes) is 6. The maximum Gasteiger partial charge on any atom is 0.118 e. The van der Waals surface area contributed by atoms with Crippen LogP contribution in [-0.4, -0.2) is 7.11 Å². The van der Waals surface area contributed by atoms with Crippen LogP contribution >= 0.6 is 0 Å². The van der Waals surface area contributed by atoms with Gasteiger partial charge in [-0.1, -0.05) is 94.3 Å². The van der Waals surface area contributed by atoms with Crippen molar-refractivity contribution in [2.75, 3.05) is 7.11 Å². The summed E-state index contributed by atoms with van der Waals surface area (Å²) in [6.07, 6.45) is 10.8. The van der Waals surface area contributed by atoms with Gasteiger partial charge in [-0.2, -0.15) is 0 Å². The molecule has 0 aromatic heterocycles. The third kappa shape index (κ3) is 6.03. The molecule has 1 unspecified atom stereocenters. The largest absolute Gasteiger partial charge is 0.497 e. The van der Waals surface area contributed by atoms with Crippen LogP contribution in [0.15, 0.2) is 54.6 Å². The third-order valence-electron chi connectivity index (χ3n) is 4.82. The van der Waals surface area contributed by atoms with Crippen molar-refractivity contribution >= 4 is 0 Å². The Morgan fingerprint density at radius 2 is 1.29 bits per heavy atom. The molecule has 0 fully saturated rings. The fourth-order valence-electron chi connectivity index (χ4n) is 3.35. The zero-order valence-corrected chi connectivity index (χ0v) is 15.3. The predicted molar refractivity (Wildman–Crippen MR) is 104 cm³/mol. The van der Waals surface area contributed by atoms with Gasteiger partial charge in [0.15, 0.2) is 0 Å². The Morgan fingerprint density at radius 3 is 1.92 bits per heavy atom. The minimum atomic E-state index is 0.493. The second kappa shape index (κ2) is 10.9. The zero-order valence-electron chi connectivity index (χ0n) is 15.3. The first-order valence-corrected chi connectivity index (χ1v) is 9.54. The highest BCUT2D eigenvalue weighted by Crippen LogP contribution is 2.31. The van der Waals surface area contributed by atoms with E-state index in [-0.39, 0.29) is 0 Å². The monoisotopic (exact) mass is 324 g/mol. The third-order valence-corrected chi connectivity index (χ3v) is 4.82. The lowest BCUT2D eigenvalue weighted by molar-refractivity contribution is 0.414. The highest BCUT2D eigenvalue weighted by Gasteiger charge is 2.13. The lowest BCUT2D eigenvalue weighted by atomic mass is 9.86. The highest BCUT2D eigenvalue weighted by molar-refractivity contribution is 5.35. The normalized spacial score (nSPS) is 12.1. The molecule has 24 heavy (non-hydrogen) atoms. The van der Waals surface area contributed by atoms with Crippen LogP contribution in [0, 0.1) is 0 Å². The van der Waals surface area contributed by atoms with Crippen LogP contribution < -0.4 is 4.74 Å². The molecule has 130 valence electrons. The standard InChI is InChI=1S/C23H32O/c1-3-4-5-6-7-8-12-15-23(20-13-10-9-11-14-20)21-16-18-22(24-2)19-17-21/h9-11,13-14,16-19,23H,3-8,12,15H2,1-2H3. The van der Waals surface area contributed by atoms with Crippen LogP contribution in [-0.2, 0) is 0 Å². The van der Waals surface area contributed by atoms with Crippen LogP contribution in [0.1, 0.15) is 75.3 Å². The summed E-state index contributed by atoms with van der Waals surface area (Å²) < 4.78 is 5.30. The molecule has 0 spiro atoms. The summed E-state index contributed by atoms with van der Waals surface area (Å²) >= 11 is 0. The van der Waals surface area contributed by atoms with E-state index in [0.29, 0.717) is 5.92 Å². The molecule has 0 amide bonds. The number of hydrogen-bond acceptors (Lipinski definition) is 1. The van der Waals surface area contributed by atoms with Crippen molar-refractivity contribution in [2.45, 2.75) is 64.2 Å². The summed E-state index contributed by atoms with van der Waals surface area (Å²) in [5.41, 5.74) is 2.82. The van der Waals surface area contributed by atoms with Gasteiger partial charge in [0.2, 0.25) is 0 Å². The minimum absolute atomic E-state index is 0.493. The molecule has 0 bridgehead atoms. The van der Waals surface area contributed by atoms with E-state index in [1.54, 1.807) is 7.11 Å². The van der Waals surface area contributed by atoms with Gasteiger partial charge in [-0.25, -0.2) is 0 Å². The summed E-state index contributed by atoms with van der Waals surface area (Å²) in [5, 5.41) is 0. The fourth-order valence-corrected chi connectivity index (χ4v) is 3.35. The van der Waals surface area contributed by atoms with Crippen molar-refractivity contribution in [3.8, 4) is 5.75 Å². The van der Waals surface area contributed by atoms with E-state index in [1.165, 1.54) is 62.5 Å². The topological polar surface area (TPSA) is 9.23 Å². The first kappa shape index (κ1) is 18.6. The lowest BCUT2D eigenvalue weighted by Crippen LogP contribution is -2.01. The first-order chi connectivity index (χ1) is 11.8. The maximum atomic E-state index is 5.30. The molecular formula is C23H32O. The van der Waals surface area contributed by atoms with E-state index >= 15 is 0 Å². The molecular weight excluding hydrogens is 292 g/mol. The Labute approximate surface area is 148 Å². The lowest BCUT2D eigenvalue weighted by Gasteiger charge is -2.18. The van der Waals surface area contributed by atoms with E-state index in [4.69, 9.17) is 4.74 Å².